The van der Waals surface area contributed by atoms with E-state index >= 15 is 0 Å². The molecule has 6 heteroatoms. The number of nitrogens with zero attached hydrogens (tertiary/aromatic N) is 2. The SMILES string of the molecule is Cc1ccc(C)c(NC(=O)CN2CCN(C(=O)[C@@H]3CCCO3)CC2)c1. The van der Waals surface area contributed by atoms with Gasteiger partial charge in [-0.25, -0.2) is 0 Å². The Kier molecular flexibility index (Phi) is 5.71. The number of nitrogens with one attached hydrogen (secondary N) is 1. The van der Waals surface area contributed by atoms with E-state index in [1.807, 2.05) is 36.9 Å². The summed E-state index contributed by atoms with van der Waals surface area (Å²) in [6.45, 7) is 7.82. The van der Waals surface area contributed by atoms with E-state index in [0.29, 0.717) is 26.2 Å². The molecule has 0 aromatic heterocycles. The fourth-order valence-corrected chi connectivity index (χ4v) is 3.37. The van der Waals surface area contributed by atoms with Gasteiger partial charge in [-0.15, -0.1) is 0 Å². The van der Waals surface area contributed by atoms with Gasteiger partial charge in [-0.2, -0.15) is 0 Å². The maximum absolute atomic E-state index is 12.3. The molecular weight excluding hydrogens is 318 g/mol. The Hall–Kier alpha value is -1.92. The van der Waals surface area contributed by atoms with Gasteiger partial charge in [0.25, 0.3) is 5.91 Å². The third-order valence-electron chi connectivity index (χ3n) is 4.92. The number of carbonyl (C=O) groups is 2. The van der Waals surface area contributed by atoms with E-state index < -0.39 is 0 Å². The van der Waals surface area contributed by atoms with Crippen LogP contribution < -0.4 is 5.32 Å². The molecular formula is C19H27N3O3. The maximum atomic E-state index is 12.3. The van der Waals surface area contributed by atoms with Crippen LogP contribution in [0.5, 0.6) is 0 Å². The van der Waals surface area contributed by atoms with Crippen LogP contribution >= 0.6 is 0 Å². The van der Waals surface area contributed by atoms with Crippen LogP contribution in [0.2, 0.25) is 0 Å². The monoisotopic (exact) mass is 345 g/mol. The van der Waals surface area contributed by atoms with Crippen molar-refractivity contribution in [1.29, 1.82) is 0 Å². The molecule has 3 rings (SSSR count). The van der Waals surface area contributed by atoms with E-state index in [9.17, 15) is 9.59 Å². The number of ether oxygens (including phenoxy) is 1. The second-order valence-electron chi connectivity index (χ2n) is 6.97. The summed E-state index contributed by atoms with van der Waals surface area (Å²) in [4.78, 5) is 28.6. The molecule has 2 heterocycles. The minimum atomic E-state index is -0.251. The smallest absolute Gasteiger partial charge is 0.251 e. The Balaban J connectivity index is 1.46. The van der Waals surface area contributed by atoms with E-state index in [1.54, 1.807) is 0 Å². The van der Waals surface area contributed by atoms with Crippen molar-refractivity contribution in [3.05, 3.63) is 29.3 Å². The van der Waals surface area contributed by atoms with Gasteiger partial charge in [-0.3, -0.25) is 14.5 Å². The van der Waals surface area contributed by atoms with Gasteiger partial charge >= 0.3 is 0 Å². The Morgan fingerprint density at radius 1 is 1.20 bits per heavy atom. The summed E-state index contributed by atoms with van der Waals surface area (Å²) in [5.74, 6) is 0.101. The van der Waals surface area contributed by atoms with Gasteiger partial charge in [0.15, 0.2) is 0 Å². The second-order valence-corrected chi connectivity index (χ2v) is 6.97. The third kappa shape index (κ3) is 4.58. The second kappa shape index (κ2) is 7.97. The number of hydrogen-bond acceptors (Lipinski definition) is 4. The van der Waals surface area contributed by atoms with Crippen molar-refractivity contribution in [2.45, 2.75) is 32.8 Å². The van der Waals surface area contributed by atoms with Crippen molar-refractivity contribution in [3.63, 3.8) is 0 Å². The van der Waals surface area contributed by atoms with Crippen molar-refractivity contribution in [2.75, 3.05) is 44.6 Å². The van der Waals surface area contributed by atoms with E-state index in [1.165, 1.54) is 0 Å². The summed E-state index contributed by atoms with van der Waals surface area (Å²) in [5, 5.41) is 3.00. The molecule has 0 radical (unpaired) electrons. The van der Waals surface area contributed by atoms with Crippen LogP contribution in [0.1, 0.15) is 24.0 Å². The minimum absolute atomic E-state index is 0.00685. The number of amides is 2. The zero-order valence-corrected chi connectivity index (χ0v) is 15.1. The number of anilines is 1. The van der Waals surface area contributed by atoms with Crippen LogP contribution in [0.25, 0.3) is 0 Å². The van der Waals surface area contributed by atoms with Gasteiger partial charge in [0, 0.05) is 38.5 Å². The molecule has 0 unspecified atom stereocenters. The molecule has 0 saturated carbocycles. The van der Waals surface area contributed by atoms with Crippen LogP contribution in [0, 0.1) is 13.8 Å². The largest absolute Gasteiger partial charge is 0.368 e. The van der Waals surface area contributed by atoms with Crippen LogP contribution in [-0.4, -0.2) is 67.0 Å². The van der Waals surface area contributed by atoms with Gasteiger partial charge in [0.1, 0.15) is 6.10 Å². The quantitative estimate of drug-likeness (QED) is 0.900. The molecule has 0 bridgehead atoms. The molecule has 2 fully saturated rings. The van der Waals surface area contributed by atoms with Crippen molar-refractivity contribution in [1.82, 2.24) is 9.80 Å². The fourth-order valence-electron chi connectivity index (χ4n) is 3.37. The molecule has 2 saturated heterocycles. The first-order chi connectivity index (χ1) is 12.0. The highest BCUT2D eigenvalue weighted by molar-refractivity contribution is 5.93. The van der Waals surface area contributed by atoms with Gasteiger partial charge in [-0.1, -0.05) is 12.1 Å². The fraction of sp³-hybridized carbons (Fsp3) is 0.579. The molecule has 0 aliphatic carbocycles. The Morgan fingerprint density at radius 3 is 2.64 bits per heavy atom. The summed E-state index contributed by atoms with van der Waals surface area (Å²) in [6, 6.07) is 6.04. The molecule has 1 aromatic rings. The number of benzene rings is 1. The lowest BCUT2D eigenvalue weighted by Gasteiger charge is -2.35. The highest BCUT2D eigenvalue weighted by atomic mass is 16.5. The van der Waals surface area contributed by atoms with Crippen LogP contribution in [-0.2, 0) is 14.3 Å². The van der Waals surface area contributed by atoms with Crippen LogP contribution in [0.15, 0.2) is 18.2 Å². The molecule has 1 atom stereocenters. The molecule has 1 aromatic carbocycles. The summed E-state index contributed by atoms with van der Waals surface area (Å²) < 4.78 is 5.48. The molecule has 2 aliphatic rings. The summed E-state index contributed by atoms with van der Waals surface area (Å²) >= 11 is 0. The van der Waals surface area contributed by atoms with Gasteiger partial charge in [-0.05, 0) is 43.9 Å². The average molecular weight is 345 g/mol. The molecule has 6 nitrogen and oxygen atoms in total. The minimum Gasteiger partial charge on any atom is -0.368 e. The molecule has 2 aliphatic heterocycles. The number of rotatable bonds is 4. The first-order valence-electron chi connectivity index (χ1n) is 9.03. The van der Waals surface area contributed by atoms with Crippen LogP contribution in [0.4, 0.5) is 5.69 Å². The average Bonchev–Trinajstić information content (AvgIpc) is 3.13. The van der Waals surface area contributed by atoms with Crippen molar-refractivity contribution < 1.29 is 14.3 Å². The predicted octanol–water partition coefficient (Wildman–Crippen LogP) is 1.57. The molecule has 25 heavy (non-hydrogen) atoms. The Morgan fingerprint density at radius 2 is 1.96 bits per heavy atom. The lowest BCUT2D eigenvalue weighted by molar-refractivity contribution is -0.142. The Bertz CT molecular complexity index is 633. The van der Waals surface area contributed by atoms with Gasteiger partial charge in [0.05, 0.1) is 6.54 Å². The molecule has 1 N–H and O–H groups in total. The van der Waals surface area contributed by atoms with Crippen molar-refractivity contribution in [2.24, 2.45) is 0 Å². The summed E-state index contributed by atoms with van der Waals surface area (Å²) in [7, 11) is 0. The van der Waals surface area contributed by atoms with Crippen molar-refractivity contribution in [3.8, 4) is 0 Å². The number of carbonyl (C=O) groups excluding carboxylic acids is 2. The zero-order valence-electron chi connectivity index (χ0n) is 15.1. The number of piperazine rings is 1. The summed E-state index contributed by atoms with van der Waals surface area (Å²) in [5.41, 5.74) is 3.06. The van der Waals surface area contributed by atoms with Gasteiger partial charge < -0.3 is 15.0 Å². The van der Waals surface area contributed by atoms with E-state index in [4.69, 9.17) is 4.74 Å². The highest BCUT2D eigenvalue weighted by Crippen LogP contribution is 2.17. The Labute approximate surface area is 149 Å². The lowest BCUT2D eigenvalue weighted by Crippen LogP contribution is -2.52. The van der Waals surface area contributed by atoms with Crippen molar-refractivity contribution >= 4 is 17.5 Å². The predicted molar refractivity (Wildman–Crippen MR) is 96.5 cm³/mol. The number of hydrogen-bond donors (Lipinski definition) is 1. The van der Waals surface area contributed by atoms with E-state index in [2.05, 4.69) is 10.2 Å². The first kappa shape index (κ1) is 17.9. The topological polar surface area (TPSA) is 61.9 Å². The number of aryl methyl sites for hydroxylation is 2. The van der Waals surface area contributed by atoms with Gasteiger partial charge in [0.2, 0.25) is 5.91 Å². The highest BCUT2D eigenvalue weighted by Gasteiger charge is 2.30. The molecule has 136 valence electrons. The van der Waals surface area contributed by atoms with E-state index in [0.717, 1.165) is 42.7 Å². The zero-order chi connectivity index (χ0) is 17.8. The van der Waals surface area contributed by atoms with E-state index in [-0.39, 0.29) is 17.9 Å². The first-order valence-corrected chi connectivity index (χ1v) is 9.03. The molecule has 0 spiro atoms. The lowest BCUT2D eigenvalue weighted by atomic mass is 10.1. The maximum Gasteiger partial charge on any atom is 0.251 e. The standard InChI is InChI=1S/C19H27N3O3/c1-14-5-6-15(2)16(12-14)20-18(23)13-21-7-9-22(10-8-21)19(24)17-4-3-11-25-17/h5-6,12,17H,3-4,7-11,13H2,1-2H3,(H,20,23)/t17-/m0/s1. The normalized spacial score (nSPS) is 21.4. The van der Waals surface area contributed by atoms with Crippen LogP contribution in [0.3, 0.4) is 0 Å². The molecule has 2 amide bonds. The summed E-state index contributed by atoms with van der Waals surface area (Å²) in [6.07, 6.45) is 1.55. The third-order valence-corrected chi connectivity index (χ3v) is 4.92.